The number of fused-ring (bicyclic) bond motifs is 9. The van der Waals surface area contributed by atoms with Crippen molar-refractivity contribution >= 4 is 67.8 Å². The van der Waals surface area contributed by atoms with Crippen LogP contribution < -0.4 is 21.7 Å². The monoisotopic (exact) mass is 955 g/mol. The Labute approximate surface area is 411 Å². The average molecular weight is 956 g/mol. The van der Waals surface area contributed by atoms with Crippen LogP contribution >= 0.6 is 11.6 Å². The lowest BCUT2D eigenvalue weighted by Crippen LogP contribution is -2.22. The van der Waals surface area contributed by atoms with Crippen LogP contribution in [0.25, 0.3) is 66.1 Å². The third kappa shape index (κ3) is 8.85. The molecule has 0 fully saturated rings. The van der Waals surface area contributed by atoms with Crippen LogP contribution in [0.2, 0.25) is 5.15 Å². The second kappa shape index (κ2) is 19.4. The van der Waals surface area contributed by atoms with Gasteiger partial charge in [0, 0.05) is 108 Å². The summed E-state index contributed by atoms with van der Waals surface area (Å²) in [5, 5.41) is 39.8. The SMILES string of the molecule is N#Cc1cc(-c2ccc(Cl)nc2)c2c(c1)cc1n2CCCNC1=O.N#Cc1cc(-c2ccc(N)nc2)c2c(c1)cc1n2CCCNC1=O.N#Cc1cc(-c2ccncc2)c2c(c1)cc1n2CCCNC1=O. The lowest BCUT2D eigenvalue weighted by Gasteiger charge is -2.11. The van der Waals surface area contributed by atoms with Gasteiger partial charge in [0.25, 0.3) is 17.7 Å². The number of pyridine rings is 3. The van der Waals surface area contributed by atoms with E-state index in [1.165, 1.54) is 0 Å². The number of hydrogen-bond donors (Lipinski definition) is 4. The number of nitrogens with one attached hydrogen (secondary N) is 3. The number of nitrogens with zero attached hydrogens (tertiary/aromatic N) is 9. The highest BCUT2D eigenvalue weighted by Crippen LogP contribution is 2.36. The molecule has 0 spiro atoms. The van der Waals surface area contributed by atoms with Crippen molar-refractivity contribution < 1.29 is 14.4 Å². The topological polar surface area (TPSA) is 238 Å². The number of nitriles is 3. The Hall–Kier alpha value is -9.30. The predicted octanol–water partition coefficient (Wildman–Crippen LogP) is 8.36. The molecule has 0 bridgehead atoms. The van der Waals surface area contributed by atoms with Gasteiger partial charge in [-0.3, -0.25) is 19.4 Å². The van der Waals surface area contributed by atoms with Gasteiger partial charge in [-0.15, -0.1) is 0 Å². The summed E-state index contributed by atoms with van der Waals surface area (Å²) in [5.74, 6) is 0.226. The fourth-order valence-corrected chi connectivity index (χ4v) is 9.69. The maximum Gasteiger partial charge on any atom is 0.267 e. The molecule has 9 heterocycles. The number of amides is 3. The zero-order valence-electron chi connectivity index (χ0n) is 38.0. The van der Waals surface area contributed by atoms with Crippen LogP contribution in [-0.2, 0) is 19.6 Å². The average Bonchev–Trinajstić information content (AvgIpc) is 3.95. The van der Waals surface area contributed by atoms with Crippen molar-refractivity contribution in [1.82, 2.24) is 44.6 Å². The number of nitrogen functional groups attached to an aromatic ring is 1. The third-order valence-electron chi connectivity index (χ3n) is 12.7. The van der Waals surface area contributed by atoms with E-state index >= 15 is 0 Å². The van der Waals surface area contributed by atoms with Crippen LogP contribution in [0, 0.1) is 34.0 Å². The van der Waals surface area contributed by atoms with Crippen molar-refractivity contribution in [3.05, 3.63) is 155 Å². The number of rotatable bonds is 3. The Balaban J connectivity index is 0.000000123. The quantitative estimate of drug-likeness (QED) is 0.123. The van der Waals surface area contributed by atoms with E-state index in [2.05, 4.69) is 53.7 Å². The predicted molar refractivity (Wildman–Crippen MR) is 270 cm³/mol. The highest BCUT2D eigenvalue weighted by Gasteiger charge is 2.24. The van der Waals surface area contributed by atoms with E-state index in [-0.39, 0.29) is 17.7 Å². The van der Waals surface area contributed by atoms with Gasteiger partial charge in [0.15, 0.2) is 0 Å². The number of anilines is 1. The van der Waals surface area contributed by atoms with Crippen molar-refractivity contribution in [3.63, 3.8) is 0 Å². The van der Waals surface area contributed by atoms with Crippen LogP contribution in [-0.4, -0.2) is 66.0 Å². The van der Waals surface area contributed by atoms with Crippen molar-refractivity contribution in [2.24, 2.45) is 0 Å². The van der Waals surface area contributed by atoms with E-state index in [1.54, 1.807) is 36.9 Å². The van der Waals surface area contributed by atoms with E-state index in [1.807, 2.05) is 88.0 Å². The van der Waals surface area contributed by atoms with E-state index in [0.717, 1.165) is 105 Å². The van der Waals surface area contributed by atoms with Gasteiger partial charge in [0.2, 0.25) is 0 Å². The molecule has 17 heteroatoms. The molecular weight excluding hydrogens is 914 g/mol. The summed E-state index contributed by atoms with van der Waals surface area (Å²) in [7, 11) is 0. The molecule has 3 aliphatic rings. The van der Waals surface area contributed by atoms with Crippen molar-refractivity contribution in [2.45, 2.75) is 38.9 Å². The largest absolute Gasteiger partial charge is 0.384 e. The Morgan fingerprint density at radius 3 is 1.27 bits per heavy atom. The standard InChI is InChI=1S/C18H13ClN4O.C18H15N5O.C18H14N4O/c19-16-3-2-12(10-22-16)14-7-11(9-20)6-13-8-15-18(24)21-4-1-5-23(15)17(13)14;19-9-11-6-13-8-15-18(24)21-4-1-5-23(15)17(13)14(7-11)12-2-3-16(20)22-10-12;19-11-12-8-14-10-16-18(23)21-4-1-7-22(16)17(14)15(9-12)13-2-5-20-6-3-13/h2-3,6-8,10H,1,4-5H2,(H,21,24);2-3,6-8,10H,1,4-5H2,(H2,20,22)(H,21,24);2-3,5-6,8-10H,1,4,7H2,(H,21,23). The number of aryl methyl sites for hydroxylation is 3. The van der Waals surface area contributed by atoms with E-state index in [4.69, 9.17) is 17.3 Å². The minimum Gasteiger partial charge on any atom is -0.384 e. The maximum absolute atomic E-state index is 12.3. The van der Waals surface area contributed by atoms with Crippen LogP contribution in [0.4, 0.5) is 5.82 Å². The number of benzene rings is 3. The minimum atomic E-state index is -0.0811. The third-order valence-corrected chi connectivity index (χ3v) is 12.9. The second-order valence-electron chi connectivity index (χ2n) is 17.2. The molecule has 348 valence electrons. The first-order valence-electron chi connectivity index (χ1n) is 22.9. The molecule has 0 atom stereocenters. The summed E-state index contributed by atoms with van der Waals surface area (Å²) >= 11 is 5.89. The summed E-state index contributed by atoms with van der Waals surface area (Å²) in [4.78, 5) is 49.2. The molecule has 0 saturated heterocycles. The number of carbonyl (C=O) groups is 3. The molecule has 0 radical (unpaired) electrons. The van der Waals surface area contributed by atoms with Gasteiger partial charge in [-0.05, 0) is 116 Å². The summed E-state index contributed by atoms with van der Waals surface area (Å²) in [6.07, 6.45) is 9.47. The summed E-state index contributed by atoms with van der Waals surface area (Å²) in [6.45, 7) is 4.29. The molecule has 0 aliphatic carbocycles. The Kier molecular flexibility index (Phi) is 12.4. The maximum atomic E-state index is 12.3. The first-order chi connectivity index (χ1) is 34.6. The first-order valence-corrected chi connectivity index (χ1v) is 23.3. The molecular formula is C54H42ClN13O3. The summed E-state index contributed by atoms with van der Waals surface area (Å²) in [6, 6.07) is 34.3. The van der Waals surface area contributed by atoms with Crippen molar-refractivity contribution in [1.29, 1.82) is 15.8 Å². The van der Waals surface area contributed by atoms with Crippen molar-refractivity contribution in [3.8, 4) is 51.6 Å². The van der Waals surface area contributed by atoms with Gasteiger partial charge in [-0.1, -0.05) is 11.6 Å². The molecule has 71 heavy (non-hydrogen) atoms. The van der Waals surface area contributed by atoms with Gasteiger partial charge in [0.05, 0.1) is 51.4 Å². The number of halogens is 1. The first kappa shape index (κ1) is 45.5. The molecule has 0 saturated carbocycles. The van der Waals surface area contributed by atoms with Gasteiger partial charge >= 0.3 is 0 Å². The molecule has 3 aliphatic heterocycles. The van der Waals surface area contributed by atoms with Crippen LogP contribution in [0.5, 0.6) is 0 Å². The molecule has 5 N–H and O–H groups in total. The zero-order chi connectivity index (χ0) is 49.2. The highest BCUT2D eigenvalue weighted by atomic mass is 35.5. The number of hydrogen-bond acceptors (Lipinski definition) is 10. The normalized spacial score (nSPS) is 13.9. The molecule has 0 unspecified atom stereocenters. The fraction of sp³-hybridized carbons (Fsp3) is 0.167. The molecule has 3 aromatic carbocycles. The highest BCUT2D eigenvalue weighted by molar-refractivity contribution is 6.29. The molecule has 12 rings (SSSR count). The van der Waals surface area contributed by atoms with Crippen molar-refractivity contribution in [2.75, 3.05) is 25.4 Å². The summed E-state index contributed by atoms with van der Waals surface area (Å²) < 4.78 is 6.13. The van der Waals surface area contributed by atoms with E-state index < -0.39 is 0 Å². The van der Waals surface area contributed by atoms with Gasteiger partial charge in [0.1, 0.15) is 28.1 Å². The lowest BCUT2D eigenvalue weighted by atomic mass is 10.0. The Morgan fingerprint density at radius 2 is 0.901 bits per heavy atom. The number of carbonyl (C=O) groups excluding carboxylic acids is 3. The number of aromatic nitrogens is 6. The Morgan fingerprint density at radius 1 is 0.507 bits per heavy atom. The minimum absolute atomic E-state index is 0.0575. The van der Waals surface area contributed by atoms with Gasteiger partial charge < -0.3 is 35.4 Å². The zero-order valence-corrected chi connectivity index (χ0v) is 38.8. The van der Waals surface area contributed by atoms with Crippen LogP contribution in [0.1, 0.15) is 67.4 Å². The van der Waals surface area contributed by atoms with E-state index in [0.29, 0.717) is 64.4 Å². The molecule has 16 nitrogen and oxygen atoms in total. The fourth-order valence-electron chi connectivity index (χ4n) is 9.58. The second-order valence-corrected chi connectivity index (χ2v) is 17.6. The molecule has 3 amide bonds. The van der Waals surface area contributed by atoms with Crippen LogP contribution in [0.3, 0.4) is 0 Å². The smallest absolute Gasteiger partial charge is 0.267 e. The van der Waals surface area contributed by atoms with Crippen LogP contribution in [0.15, 0.2) is 116 Å². The number of nitrogens with two attached hydrogens (primary N) is 1. The lowest BCUT2D eigenvalue weighted by molar-refractivity contribution is 0.0943. The molecule has 6 aromatic heterocycles. The Bertz CT molecular complexity index is 3560. The molecule has 9 aromatic rings. The van der Waals surface area contributed by atoms with E-state index in [9.17, 15) is 30.2 Å². The van der Waals surface area contributed by atoms with Gasteiger partial charge in [-0.2, -0.15) is 15.8 Å². The summed E-state index contributed by atoms with van der Waals surface area (Å²) in [5.41, 5.74) is 17.6. The van der Waals surface area contributed by atoms with Gasteiger partial charge in [-0.25, -0.2) is 9.97 Å².